The summed E-state index contributed by atoms with van der Waals surface area (Å²) in [4.78, 5) is 35.7. The molecule has 1 aromatic carbocycles. The molecule has 0 saturated heterocycles. The third-order valence-electron chi connectivity index (χ3n) is 3.16. The fourth-order valence-corrected chi connectivity index (χ4v) is 3.44. The molecule has 0 aliphatic heterocycles. The molecule has 1 aromatic heterocycles. The molecule has 128 valence electrons. The highest BCUT2D eigenvalue weighted by Gasteiger charge is 2.20. The van der Waals surface area contributed by atoms with Crippen LogP contribution in [0, 0.1) is 0 Å². The first-order valence-electron chi connectivity index (χ1n) is 7.36. The molecule has 2 rings (SSSR count). The Morgan fingerprint density at radius 2 is 1.96 bits per heavy atom. The van der Waals surface area contributed by atoms with Crippen molar-refractivity contribution in [2.24, 2.45) is 0 Å². The lowest BCUT2D eigenvalue weighted by atomic mass is 10.2. The van der Waals surface area contributed by atoms with Gasteiger partial charge in [-0.3, -0.25) is 14.4 Å². The van der Waals surface area contributed by atoms with Crippen LogP contribution in [-0.2, 0) is 14.3 Å². The van der Waals surface area contributed by atoms with Gasteiger partial charge in [-0.05, 0) is 19.9 Å². The summed E-state index contributed by atoms with van der Waals surface area (Å²) in [7, 11) is 0. The molecular formula is C16H17ClN2O4S. The van der Waals surface area contributed by atoms with Gasteiger partial charge in [0.05, 0.1) is 5.02 Å². The second kappa shape index (κ2) is 8.12. The van der Waals surface area contributed by atoms with Crippen LogP contribution < -0.4 is 10.6 Å². The van der Waals surface area contributed by atoms with Crippen molar-refractivity contribution in [1.29, 1.82) is 0 Å². The van der Waals surface area contributed by atoms with E-state index in [0.717, 1.165) is 10.1 Å². The number of esters is 1. The Hall–Kier alpha value is -2.12. The third kappa shape index (κ3) is 4.24. The molecule has 0 aliphatic rings. The van der Waals surface area contributed by atoms with Crippen LogP contribution in [0.4, 0.5) is 0 Å². The Bertz CT molecular complexity index is 775. The van der Waals surface area contributed by atoms with E-state index >= 15 is 0 Å². The number of amides is 2. The average molecular weight is 369 g/mol. The third-order valence-corrected chi connectivity index (χ3v) is 4.84. The number of fused-ring (bicyclic) bond motifs is 1. The molecule has 0 saturated carbocycles. The van der Waals surface area contributed by atoms with Gasteiger partial charge in [-0.1, -0.05) is 29.8 Å². The molecule has 1 heterocycles. The van der Waals surface area contributed by atoms with E-state index in [-0.39, 0.29) is 12.5 Å². The molecular weight excluding hydrogens is 352 g/mol. The SMILES string of the molecule is CCNC(=O)[C@@H](C)OC(=O)CNC(=O)c1sc2ccccc2c1Cl. The van der Waals surface area contributed by atoms with Gasteiger partial charge in [0, 0.05) is 16.6 Å². The normalized spacial score (nSPS) is 11.8. The topological polar surface area (TPSA) is 84.5 Å². The zero-order valence-electron chi connectivity index (χ0n) is 13.2. The van der Waals surface area contributed by atoms with Gasteiger partial charge in [-0.2, -0.15) is 0 Å². The van der Waals surface area contributed by atoms with E-state index < -0.39 is 18.0 Å². The van der Waals surface area contributed by atoms with Crippen LogP contribution in [0.25, 0.3) is 10.1 Å². The molecule has 0 fully saturated rings. The van der Waals surface area contributed by atoms with Crippen LogP contribution >= 0.6 is 22.9 Å². The van der Waals surface area contributed by atoms with Gasteiger partial charge in [0.1, 0.15) is 11.4 Å². The first-order valence-corrected chi connectivity index (χ1v) is 8.56. The number of hydrogen-bond donors (Lipinski definition) is 2. The number of carbonyl (C=O) groups excluding carboxylic acids is 3. The van der Waals surface area contributed by atoms with Crippen LogP contribution in [0.3, 0.4) is 0 Å². The lowest BCUT2D eigenvalue weighted by Gasteiger charge is -2.12. The minimum Gasteiger partial charge on any atom is -0.451 e. The molecule has 8 heteroatoms. The highest BCUT2D eigenvalue weighted by molar-refractivity contribution is 7.21. The maximum Gasteiger partial charge on any atom is 0.326 e. The second-order valence-corrected chi connectivity index (χ2v) is 6.38. The quantitative estimate of drug-likeness (QED) is 0.766. The Labute approximate surface area is 148 Å². The Kier molecular flexibility index (Phi) is 6.16. The zero-order valence-corrected chi connectivity index (χ0v) is 14.8. The summed E-state index contributed by atoms with van der Waals surface area (Å²) < 4.78 is 5.83. The summed E-state index contributed by atoms with van der Waals surface area (Å²) in [6, 6.07) is 7.39. The lowest BCUT2D eigenvalue weighted by Crippen LogP contribution is -2.38. The molecule has 24 heavy (non-hydrogen) atoms. The summed E-state index contributed by atoms with van der Waals surface area (Å²) in [5, 5.41) is 6.15. The second-order valence-electron chi connectivity index (χ2n) is 4.95. The van der Waals surface area contributed by atoms with Gasteiger partial charge in [-0.25, -0.2) is 0 Å². The lowest BCUT2D eigenvalue weighted by molar-refractivity contribution is -0.153. The number of halogens is 1. The molecule has 0 bridgehead atoms. The van der Waals surface area contributed by atoms with Crippen LogP contribution in [0.5, 0.6) is 0 Å². The van der Waals surface area contributed by atoms with Crippen molar-refractivity contribution in [3.8, 4) is 0 Å². The van der Waals surface area contributed by atoms with E-state index in [0.29, 0.717) is 16.4 Å². The Balaban J connectivity index is 1.93. The van der Waals surface area contributed by atoms with Gasteiger partial charge in [-0.15, -0.1) is 11.3 Å². The van der Waals surface area contributed by atoms with Crippen molar-refractivity contribution in [2.75, 3.05) is 13.1 Å². The van der Waals surface area contributed by atoms with E-state index in [4.69, 9.17) is 16.3 Å². The molecule has 1 atom stereocenters. The molecule has 2 N–H and O–H groups in total. The van der Waals surface area contributed by atoms with Gasteiger partial charge in [0.25, 0.3) is 11.8 Å². The van der Waals surface area contributed by atoms with E-state index in [1.165, 1.54) is 18.3 Å². The van der Waals surface area contributed by atoms with E-state index in [9.17, 15) is 14.4 Å². The standard InChI is InChI=1S/C16H17ClN2O4S/c1-3-18-15(21)9(2)23-12(20)8-19-16(22)14-13(17)10-6-4-5-7-11(10)24-14/h4-7,9H,3,8H2,1-2H3,(H,18,21)(H,19,22)/t9-/m1/s1. The van der Waals surface area contributed by atoms with Crippen molar-refractivity contribution in [3.63, 3.8) is 0 Å². The Morgan fingerprint density at radius 3 is 2.62 bits per heavy atom. The summed E-state index contributed by atoms with van der Waals surface area (Å²) in [6.07, 6.45) is -0.915. The van der Waals surface area contributed by atoms with Crippen LogP contribution in [0.15, 0.2) is 24.3 Å². The van der Waals surface area contributed by atoms with Gasteiger partial charge in [0.2, 0.25) is 0 Å². The first kappa shape index (κ1) is 18.2. The number of thiophene rings is 1. The summed E-state index contributed by atoms with van der Waals surface area (Å²) in [5.74, 6) is -1.53. The van der Waals surface area contributed by atoms with Gasteiger partial charge < -0.3 is 15.4 Å². The van der Waals surface area contributed by atoms with Crippen LogP contribution in [0.2, 0.25) is 5.02 Å². The number of likely N-dealkylation sites (N-methyl/N-ethyl adjacent to an activating group) is 1. The first-order chi connectivity index (χ1) is 11.4. The largest absolute Gasteiger partial charge is 0.451 e. The van der Waals surface area contributed by atoms with Crippen molar-refractivity contribution in [3.05, 3.63) is 34.2 Å². The molecule has 6 nitrogen and oxygen atoms in total. The van der Waals surface area contributed by atoms with E-state index in [1.807, 2.05) is 24.3 Å². The van der Waals surface area contributed by atoms with Crippen molar-refractivity contribution in [1.82, 2.24) is 10.6 Å². The molecule has 0 unspecified atom stereocenters. The molecule has 2 amide bonds. The number of hydrogen-bond acceptors (Lipinski definition) is 5. The number of benzene rings is 1. The molecule has 2 aromatic rings. The summed E-state index contributed by atoms with van der Waals surface area (Å²) in [5.41, 5.74) is 0. The number of carbonyl (C=O) groups is 3. The van der Waals surface area contributed by atoms with Crippen LogP contribution in [0.1, 0.15) is 23.5 Å². The predicted octanol–water partition coefficient (Wildman–Crippen LogP) is 2.35. The zero-order chi connectivity index (χ0) is 17.7. The van der Waals surface area contributed by atoms with E-state index in [2.05, 4.69) is 10.6 Å². The molecule has 0 spiro atoms. The van der Waals surface area contributed by atoms with Gasteiger partial charge in [0.15, 0.2) is 6.10 Å². The monoisotopic (exact) mass is 368 g/mol. The van der Waals surface area contributed by atoms with Gasteiger partial charge >= 0.3 is 5.97 Å². The molecule has 0 aliphatic carbocycles. The highest BCUT2D eigenvalue weighted by Crippen LogP contribution is 2.34. The fourth-order valence-electron chi connectivity index (χ4n) is 2.00. The minimum absolute atomic E-state index is 0.336. The van der Waals surface area contributed by atoms with Crippen molar-refractivity contribution in [2.45, 2.75) is 20.0 Å². The predicted molar refractivity (Wildman–Crippen MR) is 93.4 cm³/mol. The number of ether oxygens (including phenoxy) is 1. The molecule has 0 radical (unpaired) electrons. The summed E-state index contributed by atoms with van der Waals surface area (Å²) >= 11 is 7.46. The van der Waals surface area contributed by atoms with Crippen LogP contribution in [-0.4, -0.2) is 37.0 Å². The van der Waals surface area contributed by atoms with Crippen molar-refractivity contribution >= 4 is 50.8 Å². The Morgan fingerprint density at radius 1 is 1.25 bits per heavy atom. The number of rotatable bonds is 6. The minimum atomic E-state index is -0.915. The fraction of sp³-hybridized carbons (Fsp3) is 0.312. The summed E-state index contributed by atoms with van der Waals surface area (Å²) in [6.45, 7) is 3.34. The maximum absolute atomic E-state index is 12.2. The maximum atomic E-state index is 12.2. The van der Waals surface area contributed by atoms with E-state index in [1.54, 1.807) is 6.92 Å². The average Bonchev–Trinajstić information content (AvgIpc) is 2.90. The number of nitrogens with one attached hydrogen (secondary N) is 2. The smallest absolute Gasteiger partial charge is 0.326 e. The van der Waals surface area contributed by atoms with Crippen molar-refractivity contribution < 1.29 is 19.1 Å². The highest BCUT2D eigenvalue weighted by atomic mass is 35.5.